The van der Waals surface area contributed by atoms with E-state index in [2.05, 4.69) is 10.3 Å². The van der Waals surface area contributed by atoms with Gasteiger partial charge in [-0.1, -0.05) is 18.2 Å². The number of amides is 1. The number of carbonyl (C=O) groups excluding carboxylic acids is 1. The molecule has 7 heteroatoms. The van der Waals surface area contributed by atoms with E-state index in [1.54, 1.807) is 0 Å². The zero-order chi connectivity index (χ0) is 16.2. The lowest BCUT2D eigenvalue weighted by Gasteiger charge is -2.10. The summed E-state index contributed by atoms with van der Waals surface area (Å²) in [4.78, 5) is 27.1. The first-order valence-corrected chi connectivity index (χ1v) is 7.29. The molecule has 0 saturated carbocycles. The predicted octanol–water partition coefficient (Wildman–Crippen LogP) is 1.59. The Bertz CT molecular complexity index is 698. The van der Waals surface area contributed by atoms with Crippen LogP contribution in [0.2, 0.25) is 0 Å². The average molecular weight is 316 g/mol. The summed E-state index contributed by atoms with van der Waals surface area (Å²) in [5, 5.41) is 11.5. The van der Waals surface area contributed by atoms with Crippen molar-refractivity contribution in [2.24, 2.45) is 0 Å². The van der Waals surface area contributed by atoms with Crippen LogP contribution in [0.25, 0.3) is 11.5 Å². The monoisotopic (exact) mass is 316 g/mol. The topological polar surface area (TPSA) is 102 Å². The van der Waals surface area contributed by atoms with Gasteiger partial charge < -0.3 is 19.6 Å². The van der Waals surface area contributed by atoms with Gasteiger partial charge in [0.15, 0.2) is 6.10 Å². The lowest BCUT2D eigenvalue weighted by atomic mass is 10.2. The van der Waals surface area contributed by atoms with E-state index in [4.69, 9.17) is 14.3 Å². The fraction of sp³-hybridized carbons (Fsp3) is 0.312. The summed E-state index contributed by atoms with van der Waals surface area (Å²) in [7, 11) is 0. The molecule has 2 atom stereocenters. The molecule has 0 aliphatic carbocycles. The maximum absolute atomic E-state index is 12.0. The predicted molar refractivity (Wildman–Crippen MR) is 79.3 cm³/mol. The Hall–Kier alpha value is -2.67. The molecule has 2 N–H and O–H groups in total. The Morgan fingerprint density at radius 1 is 1.22 bits per heavy atom. The first-order chi connectivity index (χ1) is 11.1. The van der Waals surface area contributed by atoms with Crippen molar-refractivity contribution >= 4 is 11.9 Å². The maximum Gasteiger partial charge on any atom is 0.332 e. The van der Waals surface area contributed by atoms with Crippen LogP contribution >= 0.6 is 0 Å². The van der Waals surface area contributed by atoms with Crippen molar-refractivity contribution < 1.29 is 23.8 Å². The van der Waals surface area contributed by atoms with E-state index in [0.717, 1.165) is 5.56 Å². The van der Waals surface area contributed by atoms with Crippen molar-refractivity contribution in [3.63, 3.8) is 0 Å². The minimum atomic E-state index is -1.04. The Labute approximate surface area is 132 Å². The molecule has 0 radical (unpaired) electrons. The number of carbonyl (C=O) groups is 2. The van der Waals surface area contributed by atoms with E-state index in [9.17, 15) is 9.59 Å². The zero-order valence-electron chi connectivity index (χ0n) is 12.3. The Morgan fingerprint density at radius 2 is 1.96 bits per heavy atom. The highest BCUT2D eigenvalue weighted by Crippen LogP contribution is 2.20. The van der Waals surface area contributed by atoms with E-state index in [1.165, 1.54) is 6.26 Å². The third kappa shape index (κ3) is 3.57. The second-order valence-corrected chi connectivity index (χ2v) is 5.26. The van der Waals surface area contributed by atoms with Gasteiger partial charge in [0, 0.05) is 5.56 Å². The number of ether oxygens (including phenoxy) is 1. The van der Waals surface area contributed by atoms with Gasteiger partial charge in [0.05, 0.1) is 12.2 Å². The number of rotatable bonds is 5. The van der Waals surface area contributed by atoms with Gasteiger partial charge in [0.1, 0.15) is 12.4 Å². The number of hydrogen-bond acceptors (Lipinski definition) is 5. The van der Waals surface area contributed by atoms with Crippen LogP contribution in [0.15, 0.2) is 41.0 Å². The Kier molecular flexibility index (Phi) is 4.38. The summed E-state index contributed by atoms with van der Waals surface area (Å²) < 4.78 is 10.6. The molecule has 120 valence electrons. The summed E-state index contributed by atoms with van der Waals surface area (Å²) >= 11 is 0. The molecule has 2 aromatic rings. The number of carboxylic acid groups (broad SMARTS) is 1. The normalized spacial score (nSPS) is 20.3. The summed E-state index contributed by atoms with van der Waals surface area (Å²) in [6, 6.07) is 9.44. The molecule has 0 spiro atoms. The van der Waals surface area contributed by atoms with Crippen LogP contribution in [0.5, 0.6) is 0 Å². The minimum absolute atomic E-state index is 0.201. The molecule has 1 amide bonds. The van der Waals surface area contributed by atoms with Crippen molar-refractivity contribution in [3.05, 3.63) is 42.3 Å². The first-order valence-electron chi connectivity index (χ1n) is 7.29. The second-order valence-electron chi connectivity index (χ2n) is 5.26. The third-order valence-corrected chi connectivity index (χ3v) is 3.60. The lowest BCUT2D eigenvalue weighted by molar-refractivity contribution is -0.151. The number of oxazole rings is 1. The smallest absolute Gasteiger partial charge is 0.332 e. The summed E-state index contributed by atoms with van der Waals surface area (Å²) in [5.74, 6) is -0.889. The van der Waals surface area contributed by atoms with Gasteiger partial charge in [0.25, 0.3) is 0 Å². The SMILES string of the molecule is O=C(NCc1coc(-c2ccccc2)n1)[C@@H]1CC[C@H](C(=O)O)O1. The van der Waals surface area contributed by atoms with Gasteiger partial charge in [-0.05, 0) is 25.0 Å². The van der Waals surface area contributed by atoms with Gasteiger partial charge in [-0.15, -0.1) is 0 Å². The van der Waals surface area contributed by atoms with Crippen LogP contribution < -0.4 is 5.32 Å². The molecule has 1 fully saturated rings. The van der Waals surface area contributed by atoms with Crippen LogP contribution in [-0.4, -0.2) is 34.2 Å². The summed E-state index contributed by atoms with van der Waals surface area (Å²) in [5.41, 5.74) is 1.44. The van der Waals surface area contributed by atoms with Crippen LogP contribution in [0, 0.1) is 0 Å². The maximum atomic E-state index is 12.0. The number of aromatic nitrogens is 1. The Morgan fingerprint density at radius 3 is 2.65 bits per heavy atom. The van der Waals surface area contributed by atoms with E-state index < -0.39 is 18.2 Å². The minimum Gasteiger partial charge on any atom is -0.479 e. The molecule has 7 nitrogen and oxygen atoms in total. The number of hydrogen-bond donors (Lipinski definition) is 2. The molecule has 0 bridgehead atoms. The van der Waals surface area contributed by atoms with Crippen molar-refractivity contribution in [1.29, 1.82) is 0 Å². The van der Waals surface area contributed by atoms with Crippen molar-refractivity contribution in [2.45, 2.75) is 31.6 Å². The van der Waals surface area contributed by atoms with E-state index in [-0.39, 0.29) is 12.5 Å². The molecule has 1 aromatic carbocycles. The standard InChI is InChI=1S/C16H16N2O5/c19-14(12-6-7-13(23-12)16(20)21)17-8-11-9-22-15(18-11)10-4-2-1-3-5-10/h1-5,9,12-13H,6-8H2,(H,17,19)(H,20,21)/t12-,13+/m0/s1. The van der Waals surface area contributed by atoms with Gasteiger partial charge >= 0.3 is 5.97 Å². The Balaban J connectivity index is 1.54. The van der Waals surface area contributed by atoms with Crippen molar-refractivity contribution in [2.75, 3.05) is 0 Å². The molecular weight excluding hydrogens is 300 g/mol. The summed E-state index contributed by atoms with van der Waals surface area (Å²) in [6.07, 6.45) is 0.601. The number of benzene rings is 1. The third-order valence-electron chi connectivity index (χ3n) is 3.60. The highest BCUT2D eigenvalue weighted by Gasteiger charge is 2.34. The number of nitrogens with one attached hydrogen (secondary N) is 1. The molecule has 1 saturated heterocycles. The molecule has 1 aliphatic heterocycles. The van der Waals surface area contributed by atoms with Crippen LogP contribution in [0.1, 0.15) is 18.5 Å². The molecule has 0 unspecified atom stereocenters. The van der Waals surface area contributed by atoms with Gasteiger partial charge in [0.2, 0.25) is 11.8 Å². The highest BCUT2D eigenvalue weighted by molar-refractivity contribution is 5.82. The number of carboxylic acids is 1. The van der Waals surface area contributed by atoms with Crippen LogP contribution in [-0.2, 0) is 20.9 Å². The van der Waals surface area contributed by atoms with Crippen molar-refractivity contribution in [1.82, 2.24) is 10.3 Å². The molecule has 1 aliphatic rings. The van der Waals surface area contributed by atoms with E-state index >= 15 is 0 Å². The summed E-state index contributed by atoms with van der Waals surface area (Å²) in [6.45, 7) is 0.201. The fourth-order valence-electron chi connectivity index (χ4n) is 2.40. The molecular formula is C16H16N2O5. The zero-order valence-corrected chi connectivity index (χ0v) is 12.3. The van der Waals surface area contributed by atoms with E-state index in [1.807, 2.05) is 30.3 Å². The van der Waals surface area contributed by atoms with Crippen LogP contribution in [0.4, 0.5) is 0 Å². The molecule has 1 aromatic heterocycles. The fourth-order valence-corrected chi connectivity index (χ4v) is 2.40. The average Bonchev–Trinajstić information content (AvgIpc) is 3.23. The quantitative estimate of drug-likeness (QED) is 0.868. The van der Waals surface area contributed by atoms with Gasteiger partial charge in [-0.3, -0.25) is 4.79 Å². The molecule has 2 heterocycles. The van der Waals surface area contributed by atoms with E-state index in [0.29, 0.717) is 24.4 Å². The lowest BCUT2D eigenvalue weighted by Crippen LogP contribution is -2.35. The second kappa shape index (κ2) is 6.62. The van der Waals surface area contributed by atoms with Crippen LogP contribution in [0.3, 0.4) is 0 Å². The molecule has 3 rings (SSSR count). The largest absolute Gasteiger partial charge is 0.479 e. The first kappa shape index (κ1) is 15.2. The van der Waals surface area contributed by atoms with Gasteiger partial charge in [-0.2, -0.15) is 0 Å². The highest BCUT2D eigenvalue weighted by atomic mass is 16.5. The molecule has 23 heavy (non-hydrogen) atoms. The van der Waals surface area contributed by atoms with Crippen molar-refractivity contribution in [3.8, 4) is 11.5 Å². The number of aliphatic carboxylic acids is 1. The number of nitrogens with zero attached hydrogens (tertiary/aromatic N) is 1. The van der Waals surface area contributed by atoms with Gasteiger partial charge in [-0.25, -0.2) is 9.78 Å².